The van der Waals surface area contributed by atoms with Gasteiger partial charge in [0.2, 0.25) is 0 Å². The summed E-state index contributed by atoms with van der Waals surface area (Å²) in [4.78, 5) is 11.2. The number of esters is 1. The second-order valence-corrected chi connectivity index (χ2v) is 3.85. The van der Waals surface area contributed by atoms with Crippen LogP contribution in [0.25, 0.3) is 0 Å². The number of rotatable bonds is 10. The van der Waals surface area contributed by atoms with Gasteiger partial charge in [0.05, 0.1) is 6.61 Å². The Bertz CT molecular complexity index is 188. The van der Waals surface area contributed by atoms with Crippen LogP contribution in [0.4, 0.5) is 0 Å². The predicted molar refractivity (Wildman–Crippen MR) is 65.2 cm³/mol. The second-order valence-electron chi connectivity index (χ2n) is 3.85. The van der Waals surface area contributed by atoms with E-state index >= 15 is 0 Å². The summed E-state index contributed by atoms with van der Waals surface area (Å²) in [5, 5.41) is 8.45. The first kappa shape index (κ1) is 15.2. The molecular formula is C13H24O3. The SMILES string of the molecule is CCCCCCCCC(=O)OCC=CCO. The lowest BCUT2D eigenvalue weighted by molar-refractivity contribution is -0.142. The Morgan fingerprint density at radius 2 is 1.81 bits per heavy atom. The maximum Gasteiger partial charge on any atom is 0.306 e. The summed E-state index contributed by atoms with van der Waals surface area (Å²) < 4.78 is 4.93. The molecule has 0 spiro atoms. The van der Waals surface area contributed by atoms with Gasteiger partial charge in [-0.2, -0.15) is 0 Å². The van der Waals surface area contributed by atoms with Crippen molar-refractivity contribution >= 4 is 5.97 Å². The minimum Gasteiger partial charge on any atom is -0.461 e. The molecule has 0 fully saturated rings. The van der Waals surface area contributed by atoms with Crippen LogP contribution in [0.15, 0.2) is 12.2 Å². The summed E-state index contributed by atoms with van der Waals surface area (Å²) in [6, 6.07) is 0. The molecular weight excluding hydrogens is 204 g/mol. The number of aliphatic hydroxyl groups is 1. The number of carbonyl (C=O) groups is 1. The van der Waals surface area contributed by atoms with E-state index in [2.05, 4.69) is 6.92 Å². The molecule has 0 aromatic carbocycles. The van der Waals surface area contributed by atoms with Crippen LogP contribution in [0.2, 0.25) is 0 Å². The van der Waals surface area contributed by atoms with E-state index in [4.69, 9.17) is 9.84 Å². The fourth-order valence-electron chi connectivity index (χ4n) is 1.41. The fourth-order valence-corrected chi connectivity index (χ4v) is 1.41. The van der Waals surface area contributed by atoms with E-state index in [1.165, 1.54) is 25.7 Å². The first-order chi connectivity index (χ1) is 7.81. The number of hydrogen-bond donors (Lipinski definition) is 1. The lowest BCUT2D eigenvalue weighted by Gasteiger charge is -2.02. The molecule has 0 aromatic heterocycles. The highest BCUT2D eigenvalue weighted by molar-refractivity contribution is 5.69. The normalized spacial score (nSPS) is 10.9. The molecule has 0 aliphatic carbocycles. The molecule has 1 N–H and O–H groups in total. The molecule has 0 radical (unpaired) electrons. The van der Waals surface area contributed by atoms with Crippen LogP contribution in [0.1, 0.15) is 51.9 Å². The fraction of sp³-hybridized carbons (Fsp3) is 0.769. The van der Waals surface area contributed by atoms with Gasteiger partial charge >= 0.3 is 5.97 Å². The Kier molecular flexibility index (Phi) is 11.6. The molecule has 16 heavy (non-hydrogen) atoms. The molecule has 0 saturated heterocycles. The number of carbonyl (C=O) groups excluding carboxylic acids is 1. The van der Waals surface area contributed by atoms with Crippen LogP contribution < -0.4 is 0 Å². The molecule has 0 aromatic rings. The third kappa shape index (κ3) is 11.2. The smallest absolute Gasteiger partial charge is 0.306 e. The van der Waals surface area contributed by atoms with Gasteiger partial charge in [-0.3, -0.25) is 4.79 Å². The van der Waals surface area contributed by atoms with Crippen molar-refractivity contribution in [2.45, 2.75) is 51.9 Å². The highest BCUT2D eigenvalue weighted by atomic mass is 16.5. The van der Waals surface area contributed by atoms with E-state index in [0.717, 1.165) is 12.8 Å². The van der Waals surface area contributed by atoms with Gasteiger partial charge in [-0.05, 0) is 12.5 Å². The Balaban J connectivity index is 3.20. The van der Waals surface area contributed by atoms with Gasteiger partial charge in [-0.25, -0.2) is 0 Å². The average Bonchev–Trinajstić information content (AvgIpc) is 2.29. The van der Waals surface area contributed by atoms with Crippen LogP contribution in [0.3, 0.4) is 0 Å². The molecule has 0 bridgehead atoms. The zero-order chi connectivity index (χ0) is 12.1. The van der Waals surface area contributed by atoms with Gasteiger partial charge in [0.25, 0.3) is 0 Å². The topological polar surface area (TPSA) is 46.5 Å². The predicted octanol–water partition coefficient (Wildman–Crippen LogP) is 2.83. The van der Waals surface area contributed by atoms with Crippen molar-refractivity contribution in [3.05, 3.63) is 12.2 Å². The van der Waals surface area contributed by atoms with E-state index in [9.17, 15) is 4.79 Å². The van der Waals surface area contributed by atoms with Crippen molar-refractivity contribution in [3.8, 4) is 0 Å². The third-order valence-corrected chi connectivity index (χ3v) is 2.35. The highest BCUT2D eigenvalue weighted by Crippen LogP contribution is 2.07. The second kappa shape index (κ2) is 12.2. The van der Waals surface area contributed by atoms with Crippen LogP contribution in [0.5, 0.6) is 0 Å². The Morgan fingerprint density at radius 1 is 1.12 bits per heavy atom. The molecule has 3 heteroatoms. The zero-order valence-electron chi connectivity index (χ0n) is 10.3. The third-order valence-electron chi connectivity index (χ3n) is 2.35. The van der Waals surface area contributed by atoms with E-state index in [-0.39, 0.29) is 19.2 Å². The molecule has 0 amide bonds. The maximum atomic E-state index is 11.2. The van der Waals surface area contributed by atoms with Crippen molar-refractivity contribution in [1.82, 2.24) is 0 Å². The van der Waals surface area contributed by atoms with Gasteiger partial charge in [-0.1, -0.05) is 45.1 Å². The highest BCUT2D eigenvalue weighted by Gasteiger charge is 2.00. The van der Waals surface area contributed by atoms with Crippen molar-refractivity contribution in [1.29, 1.82) is 0 Å². The zero-order valence-corrected chi connectivity index (χ0v) is 10.3. The van der Waals surface area contributed by atoms with Gasteiger partial charge < -0.3 is 9.84 Å². The lowest BCUT2D eigenvalue weighted by Crippen LogP contribution is -2.04. The monoisotopic (exact) mass is 228 g/mol. The molecule has 0 rings (SSSR count). The first-order valence-corrected chi connectivity index (χ1v) is 6.22. The summed E-state index contributed by atoms with van der Waals surface area (Å²) in [6.07, 6.45) is 10.8. The number of hydrogen-bond acceptors (Lipinski definition) is 3. The average molecular weight is 228 g/mol. The molecule has 0 aliphatic rings. The molecule has 0 heterocycles. The van der Waals surface area contributed by atoms with Crippen LogP contribution in [-0.4, -0.2) is 24.3 Å². The van der Waals surface area contributed by atoms with Gasteiger partial charge in [-0.15, -0.1) is 0 Å². The van der Waals surface area contributed by atoms with Gasteiger partial charge in [0.1, 0.15) is 6.61 Å². The number of aliphatic hydroxyl groups excluding tert-OH is 1. The minimum atomic E-state index is -0.141. The molecule has 0 saturated carbocycles. The van der Waals surface area contributed by atoms with E-state index in [0.29, 0.717) is 6.42 Å². The van der Waals surface area contributed by atoms with Crippen LogP contribution >= 0.6 is 0 Å². The van der Waals surface area contributed by atoms with Gasteiger partial charge in [0, 0.05) is 6.42 Å². The quantitative estimate of drug-likeness (QED) is 0.355. The first-order valence-electron chi connectivity index (χ1n) is 6.22. The standard InChI is InChI=1S/C13H24O3/c1-2-3-4-5-6-7-10-13(15)16-12-9-8-11-14/h8-9,14H,2-7,10-12H2,1H3. The van der Waals surface area contributed by atoms with Crippen molar-refractivity contribution in [2.24, 2.45) is 0 Å². The number of unbranched alkanes of at least 4 members (excludes halogenated alkanes) is 5. The van der Waals surface area contributed by atoms with Gasteiger partial charge in [0.15, 0.2) is 0 Å². The summed E-state index contributed by atoms with van der Waals surface area (Å²) in [6.45, 7) is 2.46. The molecule has 94 valence electrons. The lowest BCUT2D eigenvalue weighted by atomic mass is 10.1. The van der Waals surface area contributed by atoms with Crippen LogP contribution in [0, 0.1) is 0 Å². The summed E-state index contributed by atoms with van der Waals surface area (Å²) in [5.74, 6) is -0.141. The largest absolute Gasteiger partial charge is 0.461 e. The Morgan fingerprint density at radius 3 is 2.50 bits per heavy atom. The van der Waals surface area contributed by atoms with E-state index < -0.39 is 0 Å². The molecule has 0 aliphatic heterocycles. The molecule has 0 atom stereocenters. The van der Waals surface area contributed by atoms with E-state index in [1.54, 1.807) is 12.2 Å². The summed E-state index contributed by atoms with van der Waals surface area (Å²) in [5.41, 5.74) is 0. The Labute approximate surface area is 98.5 Å². The van der Waals surface area contributed by atoms with Crippen molar-refractivity contribution in [2.75, 3.05) is 13.2 Å². The Hall–Kier alpha value is -0.830. The summed E-state index contributed by atoms with van der Waals surface area (Å²) >= 11 is 0. The van der Waals surface area contributed by atoms with Crippen molar-refractivity contribution in [3.63, 3.8) is 0 Å². The summed E-state index contributed by atoms with van der Waals surface area (Å²) in [7, 11) is 0. The number of ether oxygens (including phenoxy) is 1. The van der Waals surface area contributed by atoms with Crippen LogP contribution in [-0.2, 0) is 9.53 Å². The van der Waals surface area contributed by atoms with E-state index in [1.807, 2.05) is 0 Å². The van der Waals surface area contributed by atoms with Crippen molar-refractivity contribution < 1.29 is 14.6 Å². The molecule has 0 unspecified atom stereocenters. The minimum absolute atomic E-state index is 0.00498. The molecule has 3 nitrogen and oxygen atoms in total. The maximum absolute atomic E-state index is 11.2.